The number of Topliss-reactive ketones (excluding diaryl/α,β-unsaturated/α-hetero) is 1. The first-order valence-electron chi connectivity index (χ1n) is 8.35. The summed E-state index contributed by atoms with van der Waals surface area (Å²) in [6.45, 7) is 3.81. The summed E-state index contributed by atoms with van der Waals surface area (Å²) in [5.41, 5.74) is 5.29. The first-order valence-corrected chi connectivity index (χ1v) is 9.14. The zero-order chi connectivity index (χ0) is 18.6. The van der Waals surface area contributed by atoms with Gasteiger partial charge in [0.2, 0.25) is 0 Å². The van der Waals surface area contributed by atoms with Crippen LogP contribution in [0.15, 0.2) is 46.4 Å². The highest BCUT2D eigenvalue weighted by molar-refractivity contribution is 9.10. The molecule has 0 radical (unpaired) electrons. The number of ketones is 1. The lowest BCUT2D eigenvalue weighted by Gasteiger charge is -2.34. The molecule has 26 heavy (non-hydrogen) atoms. The molecule has 2 aliphatic carbocycles. The van der Waals surface area contributed by atoms with Gasteiger partial charge in [0.25, 0.3) is 0 Å². The molecule has 0 aromatic heterocycles. The van der Waals surface area contributed by atoms with E-state index >= 15 is 0 Å². The zero-order valence-corrected chi connectivity index (χ0v) is 16.0. The number of halogens is 1. The van der Waals surface area contributed by atoms with Crippen molar-refractivity contribution in [2.24, 2.45) is 0 Å². The highest BCUT2D eigenvalue weighted by atomic mass is 79.9. The summed E-state index contributed by atoms with van der Waals surface area (Å²) in [4.78, 5) is 24.0. The summed E-state index contributed by atoms with van der Waals surface area (Å²) < 4.78 is 6.32. The molecule has 0 aliphatic heterocycles. The number of carbonyl (C=O) groups is 2. The summed E-state index contributed by atoms with van der Waals surface area (Å²) in [5, 5.41) is 8.81. The summed E-state index contributed by atoms with van der Waals surface area (Å²) in [6.07, 6.45) is 0.739. The van der Waals surface area contributed by atoms with E-state index in [0.717, 1.165) is 38.7 Å². The van der Waals surface area contributed by atoms with Gasteiger partial charge in [-0.25, -0.2) is 4.79 Å². The molecule has 2 aromatic carbocycles. The molecule has 0 amide bonds. The van der Waals surface area contributed by atoms with Gasteiger partial charge in [-0.15, -0.1) is 0 Å². The molecular weight excluding hydrogens is 396 g/mol. The first kappa shape index (κ1) is 17.0. The van der Waals surface area contributed by atoms with Crippen molar-refractivity contribution in [1.29, 1.82) is 0 Å². The lowest BCUT2D eigenvalue weighted by atomic mass is 9.68. The molecule has 4 nitrogen and oxygen atoms in total. The number of benzene rings is 2. The number of carboxylic acid groups (broad SMARTS) is 1. The lowest BCUT2D eigenvalue weighted by molar-refractivity contribution is -0.139. The second-order valence-electron chi connectivity index (χ2n) is 7.18. The van der Waals surface area contributed by atoms with Crippen molar-refractivity contribution in [3.05, 3.63) is 68.7 Å². The quantitative estimate of drug-likeness (QED) is 0.811. The lowest BCUT2D eigenvalue weighted by Crippen LogP contribution is -2.29. The summed E-state index contributed by atoms with van der Waals surface area (Å²) in [6, 6.07) is 11.3. The highest BCUT2D eigenvalue weighted by Crippen LogP contribution is 2.50. The average molecular weight is 413 g/mol. The molecule has 0 fully saturated rings. The SMILES string of the molecule is CC1(C)C2=C(C(=O)c3ccc(OCC(=O)O)cc31)c1ccc(Br)cc1C2. The van der Waals surface area contributed by atoms with Gasteiger partial charge in [0.05, 0.1) is 0 Å². The molecule has 2 aliphatic rings. The smallest absolute Gasteiger partial charge is 0.341 e. The van der Waals surface area contributed by atoms with Crippen molar-refractivity contribution in [1.82, 2.24) is 0 Å². The molecule has 0 atom stereocenters. The van der Waals surface area contributed by atoms with E-state index < -0.39 is 12.6 Å². The van der Waals surface area contributed by atoms with Crippen LogP contribution in [0.5, 0.6) is 5.75 Å². The van der Waals surface area contributed by atoms with E-state index in [1.165, 1.54) is 0 Å². The van der Waals surface area contributed by atoms with Gasteiger partial charge in [-0.1, -0.05) is 35.8 Å². The number of fused-ring (bicyclic) bond motifs is 3. The fourth-order valence-corrected chi connectivity index (χ4v) is 4.37. The number of allylic oxidation sites excluding steroid dienone is 2. The Labute approximate surface area is 159 Å². The van der Waals surface area contributed by atoms with Gasteiger partial charge in [0.15, 0.2) is 12.4 Å². The molecule has 0 saturated carbocycles. The van der Waals surface area contributed by atoms with Crippen molar-refractivity contribution in [2.45, 2.75) is 25.7 Å². The number of carbonyl (C=O) groups excluding carboxylic acids is 1. The van der Waals surface area contributed by atoms with Crippen LogP contribution < -0.4 is 4.74 Å². The number of hydrogen-bond donors (Lipinski definition) is 1. The Kier molecular flexibility index (Phi) is 3.81. The Morgan fingerprint density at radius 3 is 2.65 bits per heavy atom. The van der Waals surface area contributed by atoms with E-state index in [1.807, 2.05) is 12.1 Å². The van der Waals surface area contributed by atoms with E-state index in [1.54, 1.807) is 18.2 Å². The Morgan fingerprint density at radius 2 is 1.92 bits per heavy atom. The fourth-order valence-electron chi connectivity index (χ4n) is 3.96. The van der Waals surface area contributed by atoms with Crippen LogP contribution in [0.25, 0.3) is 5.57 Å². The molecule has 4 rings (SSSR count). The highest BCUT2D eigenvalue weighted by Gasteiger charge is 2.42. The molecule has 0 saturated heterocycles. The van der Waals surface area contributed by atoms with Gasteiger partial charge in [-0.3, -0.25) is 4.79 Å². The average Bonchev–Trinajstić information content (AvgIpc) is 2.97. The van der Waals surface area contributed by atoms with Crippen LogP contribution in [0.4, 0.5) is 0 Å². The largest absolute Gasteiger partial charge is 0.482 e. The minimum absolute atomic E-state index is 0.0279. The zero-order valence-electron chi connectivity index (χ0n) is 14.4. The summed E-state index contributed by atoms with van der Waals surface area (Å²) >= 11 is 3.51. The van der Waals surface area contributed by atoms with Gasteiger partial charge >= 0.3 is 5.97 Å². The van der Waals surface area contributed by atoms with E-state index in [9.17, 15) is 9.59 Å². The number of carboxylic acids is 1. The number of aliphatic carboxylic acids is 1. The number of rotatable bonds is 3. The Bertz CT molecular complexity index is 1000. The summed E-state index contributed by atoms with van der Waals surface area (Å²) in [7, 11) is 0. The van der Waals surface area contributed by atoms with E-state index in [4.69, 9.17) is 9.84 Å². The molecule has 132 valence electrons. The molecule has 0 heterocycles. The van der Waals surface area contributed by atoms with Crippen molar-refractivity contribution in [3.8, 4) is 5.75 Å². The Morgan fingerprint density at radius 1 is 1.19 bits per heavy atom. The third kappa shape index (κ3) is 2.50. The van der Waals surface area contributed by atoms with Crippen molar-refractivity contribution < 1.29 is 19.4 Å². The maximum Gasteiger partial charge on any atom is 0.341 e. The predicted octanol–water partition coefficient (Wildman–Crippen LogP) is 4.40. The van der Waals surface area contributed by atoms with Crippen LogP contribution in [-0.2, 0) is 16.6 Å². The van der Waals surface area contributed by atoms with Gasteiger partial charge in [-0.2, -0.15) is 0 Å². The molecule has 5 heteroatoms. The van der Waals surface area contributed by atoms with Crippen LogP contribution >= 0.6 is 15.9 Å². The third-order valence-corrected chi connectivity index (χ3v) is 5.75. The second-order valence-corrected chi connectivity index (χ2v) is 8.09. The van der Waals surface area contributed by atoms with Crippen LogP contribution in [0, 0.1) is 0 Å². The number of hydrogen-bond acceptors (Lipinski definition) is 3. The minimum atomic E-state index is -1.03. The third-order valence-electron chi connectivity index (χ3n) is 5.26. The standard InChI is InChI=1S/C21H17BrO4/c1-21(2)16-9-13(26-10-18(23)24)4-6-15(16)20(25)19-14-5-3-12(22)7-11(14)8-17(19)21/h3-7,9H,8,10H2,1-2H3,(H,23,24). The van der Waals surface area contributed by atoms with Crippen LogP contribution in [0.3, 0.4) is 0 Å². The maximum atomic E-state index is 13.2. The van der Waals surface area contributed by atoms with Crippen molar-refractivity contribution in [3.63, 3.8) is 0 Å². The molecular formula is C21H17BrO4. The Balaban J connectivity index is 1.82. The maximum absolute atomic E-state index is 13.2. The first-order chi connectivity index (χ1) is 12.3. The number of ether oxygens (including phenoxy) is 1. The van der Waals surface area contributed by atoms with Gasteiger partial charge in [0.1, 0.15) is 5.75 Å². The van der Waals surface area contributed by atoms with E-state index in [0.29, 0.717) is 11.3 Å². The summed E-state index contributed by atoms with van der Waals surface area (Å²) in [5.74, 6) is -0.533. The van der Waals surface area contributed by atoms with Gasteiger partial charge < -0.3 is 9.84 Å². The molecule has 0 spiro atoms. The van der Waals surface area contributed by atoms with Gasteiger partial charge in [0, 0.05) is 21.0 Å². The van der Waals surface area contributed by atoms with Crippen LogP contribution in [0.1, 0.15) is 40.9 Å². The van der Waals surface area contributed by atoms with Crippen molar-refractivity contribution >= 4 is 33.3 Å². The monoisotopic (exact) mass is 412 g/mol. The van der Waals surface area contributed by atoms with Crippen LogP contribution in [0.2, 0.25) is 0 Å². The molecule has 0 unspecified atom stereocenters. The van der Waals surface area contributed by atoms with Crippen molar-refractivity contribution in [2.75, 3.05) is 6.61 Å². The van der Waals surface area contributed by atoms with Gasteiger partial charge in [-0.05, 0) is 59.0 Å². The molecule has 0 bridgehead atoms. The normalized spacial score (nSPS) is 16.8. The van der Waals surface area contributed by atoms with Crippen LogP contribution in [-0.4, -0.2) is 23.5 Å². The fraction of sp³-hybridized carbons (Fsp3) is 0.238. The second kappa shape index (κ2) is 5.81. The Hall–Kier alpha value is -2.40. The predicted molar refractivity (Wildman–Crippen MR) is 102 cm³/mol. The molecule has 2 aromatic rings. The molecule has 1 N–H and O–H groups in total. The van der Waals surface area contributed by atoms with E-state index in [2.05, 4.69) is 35.8 Å². The topological polar surface area (TPSA) is 63.6 Å². The van der Waals surface area contributed by atoms with E-state index in [-0.39, 0.29) is 11.2 Å². The minimum Gasteiger partial charge on any atom is -0.482 e.